The molecule has 0 N–H and O–H groups in total. The molecule has 0 spiro atoms. The smallest absolute Gasteiger partial charge is 0.410 e. The molecule has 2 bridgehead atoms. The second-order valence-electron chi connectivity index (χ2n) is 7.60. The number of thioether (sulfide) groups is 1. The first-order valence-corrected chi connectivity index (χ1v) is 9.28. The Morgan fingerprint density at radius 2 is 2.00 bits per heavy atom. The van der Waals surface area contributed by atoms with Crippen LogP contribution >= 0.6 is 11.8 Å². The average molecular weight is 326 g/mol. The van der Waals surface area contributed by atoms with Gasteiger partial charge in [-0.25, -0.2) is 4.79 Å². The molecule has 0 aromatic carbocycles. The van der Waals surface area contributed by atoms with Crippen LogP contribution in [0.5, 0.6) is 0 Å². The van der Waals surface area contributed by atoms with Gasteiger partial charge in [0.15, 0.2) is 0 Å². The van der Waals surface area contributed by atoms with Gasteiger partial charge in [0, 0.05) is 36.7 Å². The molecule has 2 amide bonds. The van der Waals surface area contributed by atoms with Crippen LogP contribution in [0.25, 0.3) is 0 Å². The van der Waals surface area contributed by atoms with Crippen LogP contribution in [0.3, 0.4) is 0 Å². The Kier molecular flexibility index (Phi) is 4.32. The van der Waals surface area contributed by atoms with Crippen molar-refractivity contribution in [3.63, 3.8) is 0 Å². The molecule has 22 heavy (non-hydrogen) atoms. The van der Waals surface area contributed by atoms with Crippen molar-refractivity contribution < 1.29 is 14.3 Å². The van der Waals surface area contributed by atoms with Crippen LogP contribution in [-0.4, -0.2) is 64.1 Å². The lowest BCUT2D eigenvalue weighted by molar-refractivity contribution is -0.137. The first-order chi connectivity index (χ1) is 10.3. The zero-order valence-electron chi connectivity index (χ0n) is 13.7. The van der Waals surface area contributed by atoms with Crippen LogP contribution in [0, 0.1) is 5.92 Å². The van der Waals surface area contributed by atoms with E-state index in [-0.39, 0.29) is 17.9 Å². The highest BCUT2D eigenvalue weighted by atomic mass is 32.2. The van der Waals surface area contributed by atoms with E-state index in [1.165, 1.54) is 0 Å². The lowest BCUT2D eigenvalue weighted by Gasteiger charge is -2.36. The Bertz CT molecular complexity index is 463. The molecule has 3 aliphatic heterocycles. The second kappa shape index (κ2) is 5.95. The van der Waals surface area contributed by atoms with Crippen LogP contribution in [-0.2, 0) is 9.53 Å². The van der Waals surface area contributed by atoms with E-state index in [2.05, 4.69) is 4.90 Å². The van der Waals surface area contributed by atoms with Gasteiger partial charge in [0.05, 0.1) is 5.92 Å². The summed E-state index contributed by atoms with van der Waals surface area (Å²) in [6, 6.07) is 0.430. The van der Waals surface area contributed by atoms with E-state index in [1.54, 1.807) is 4.90 Å². The number of nitrogens with zero attached hydrogens (tertiary/aromatic N) is 2. The highest BCUT2D eigenvalue weighted by molar-refractivity contribution is 8.00. The van der Waals surface area contributed by atoms with Crippen molar-refractivity contribution >= 4 is 23.8 Å². The van der Waals surface area contributed by atoms with Gasteiger partial charge in [-0.2, -0.15) is 11.8 Å². The number of likely N-dealkylation sites (tertiary alicyclic amines) is 2. The van der Waals surface area contributed by atoms with Gasteiger partial charge in [0.25, 0.3) is 0 Å². The van der Waals surface area contributed by atoms with Gasteiger partial charge in [-0.1, -0.05) is 0 Å². The molecule has 3 atom stereocenters. The molecule has 3 heterocycles. The van der Waals surface area contributed by atoms with Gasteiger partial charge < -0.3 is 14.5 Å². The van der Waals surface area contributed by atoms with Gasteiger partial charge in [-0.3, -0.25) is 4.79 Å². The van der Waals surface area contributed by atoms with Crippen molar-refractivity contribution in [2.75, 3.05) is 25.4 Å². The van der Waals surface area contributed by atoms with Crippen LogP contribution in [0.1, 0.15) is 40.0 Å². The zero-order chi connectivity index (χ0) is 15.9. The van der Waals surface area contributed by atoms with Crippen molar-refractivity contribution in [1.29, 1.82) is 0 Å². The Morgan fingerprint density at radius 3 is 2.59 bits per heavy atom. The fraction of sp³-hybridized carbons (Fsp3) is 0.875. The maximum Gasteiger partial charge on any atom is 0.410 e. The Hall–Kier alpha value is -0.910. The maximum atomic E-state index is 12.8. The van der Waals surface area contributed by atoms with Crippen LogP contribution in [0.15, 0.2) is 0 Å². The third-order valence-corrected chi connectivity index (χ3v) is 6.00. The number of amides is 2. The van der Waals surface area contributed by atoms with Crippen LogP contribution in [0.4, 0.5) is 4.79 Å². The molecule has 0 aromatic heterocycles. The summed E-state index contributed by atoms with van der Waals surface area (Å²) in [6.45, 7) is 7.72. The molecule has 0 radical (unpaired) electrons. The Balaban J connectivity index is 1.58. The largest absolute Gasteiger partial charge is 0.444 e. The van der Waals surface area contributed by atoms with Gasteiger partial charge in [-0.05, 0) is 40.0 Å². The molecule has 3 aliphatic rings. The number of hydrogen-bond donors (Lipinski definition) is 0. The topological polar surface area (TPSA) is 49.9 Å². The van der Waals surface area contributed by atoms with Crippen molar-refractivity contribution in [1.82, 2.24) is 9.80 Å². The van der Waals surface area contributed by atoms with E-state index >= 15 is 0 Å². The predicted octanol–water partition coefficient (Wildman–Crippen LogP) is 2.35. The molecule has 0 saturated carbocycles. The monoisotopic (exact) mass is 326 g/mol. The molecular weight excluding hydrogens is 300 g/mol. The summed E-state index contributed by atoms with van der Waals surface area (Å²) in [6.07, 6.45) is 2.63. The minimum Gasteiger partial charge on any atom is -0.444 e. The number of rotatable bonds is 1. The lowest BCUT2D eigenvalue weighted by Crippen LogP contribution is -2.50. The third kappa shape index (κ3) is 3.36. The number of carbonyl (C=O) groups excluding carboxylic acids is 2. The maximum absolute atomic E-state index is 12.8. The summed E-state index contributed by atoms with van der Waals surface area (Å²) >= 11 is 1.99. The van der Waals surface area contributed by atoms with Gasteiger partial charge in [-0.15, -0.1) is 0 Å². The zero-order valence-corrected chi connectivity index (χ0v) is 14.5. The van der Waals surface area contributed by atoms with Gasteiger partial charge >= 0.3 is 6.09 Å². The molecule has 3 saturated heterocycles. The fourth-order valence-corrected chi connectivity index (χ4v) is 5.01. The van der Waals surface area contributed by atoms with Gasteiger partial charge in [0.2, 0.25) is 5.91 Å². The number of ether oxygens (including phenoxy) is 1. The van der Waals surface area contributed by atoms with Gasteiger partial charge in [0.1, 0.15) is 5.60 Å². The van der Waals surface area contributed by atoms with Crippen molar-refractivity contribution in [2.24, 2.45) is 5.92 Å². The molecule has 0 aliphatic carbocycles. The van der Waals surface area contributed by atoms with E-state index in [9.17, 15) is 9.59 Å². The highest BCUT2D eigenvalue weighted by Crippen LogP contribution is 2.38. The minimum absolute atomic E-state index is 0.0504. The predicted molar refractivity (Wildman–Crippen MR) is 86.9 cm³/mol. The number of hydrogen-bond acceptors (Lipinski definition) is 4. The quantitative estimate of drug-likeness (QED) is 0.742. The molecular formula is C16H26N2O3S. The summed E-state index contributed by atoms with van der Waals surface area (Å²) in [5, 5.41) is 0.638. The standard InChI is InChI=1S/C16H26N2O3S/c1-16(2,3)21-15(20)17-6-4-5-11(8-17)14(19)18-9-13-7-12(18)10-22-13/h11-13H,4-10H2,1-3H3/t11-,12+,13-/m1/s1. The van der Waals surface area contributed by atoms with E-state index in [0.717, 1.165) is 31.6 Å². The van der Waals surface area contributed by atoms with Crippen molar-refractivity contribution in [3.8, 4) is 0 Å². The second-order valence-corrected chi connectivity index (χ2v) is 8.93. The molecule has 0 aromatic rings. The molecule has 6 heteroatoms. The number of fused-ring (bicyclic) bond motifs is 2. The summed E-state index contributed by atoms with van der Waals surface area (Å²) < 4.78 is 5.44. The normalized spacial score (nSPS) is 31.5. The molecule has 0 unspecified atom stereocenters. The summed E-state index contributed by atoms with van der Waals surface area (Å²) in [5.41, 5.74) is -0.487. The average Bonchev–Trinajstić information content (AvgIpc) is 3.07. The number of piperidine rings is 1. The van der Waals surface area contributed by atoms with Crippen LogP contribution in [0.2, 0.25) is 0 Å². The van der Waals surface area contributed by atoms with E-state index < -0.39 is 5.60 Å². The molecule has 124 valence electrons. The van der Waals surface area contributed by atoms with Crippen molar-refractivity contribution in [2.45, 2.75) is 56.9 Å². The SMILES string of the molecule is CC(C)(C)OC(=O)N1CCC[C@@H](C(=O)N2C[C@H]3C[C@H]2CS3)C1. The van der Waals surface area contributed by atoms with E-state index in [4.69, 9.17) is 4.74 Å². The highest BCUT2D eigenvalue weighted by Gasteiger charge is 2.43. The molecule has 3 fully saturated rings. The van der Waals surface area contributed by atoms with E-state index in [1.807, 2.05) is 32.5 Å². The molecule has 3 rings (SSSR count). The lowest BCUT2D eigenvalue weighted by atomic mass is 9.96. The first kappa shape index (κ1) is 16.0. The summed E-state index contributed by atoms with van der Waals surface area (Å²) in [7, 11) is 0. The van der Waals surface area contributed by atoms with E-state index in [0.29, 0.717) is 24.4 Å². The summed E-state index contributed by atoms with van der Waals surface area (Å²) in [5.74, 6) is 1.28. The molecule has 5 nitrogen and oxygen atoms in total. The Labute approximate surface area is 136 Å². The Morgan fingerprint density at radius 1 is 1.23 bits per heavy atom. The minimum atomic E-state index is -0.487. The van der Waals surface area contributed by atoms with Crippen molar-refractivity contribution in [3.05, 3.63) is 0 Å². The van der Waals surface area contributed by atoms with Crippen LogP contribution < -0.4 is 0 Å². The number of carbonyl (C=O) groups is 2. The fourth-order valence-electron chi connectivity index (χ4n) is 3.58. The summed E-state index contributed by atoms with van der Waals surface area (Å²) in [4.78, 5) is 28.8. The first-order valence-electron chi connectivity index (χ1n) is 8.23. The third-order valence-electron chi connectivity index (χ3n) is 4.61.